The number of rotatable bonds is 0. The fourth-order valence-electron chi connectivity index (χ4n) is 3.19. The summed E-state index contributed by atoms with van der Waals surface area (Å²) in [4.78, 5) is 0. The molecule has 0 amide bonds. The maximum atomic E-state index is 6.16. The van der Waals surface area contributed by atoms with Crippen molar-refractivity contribution < 1.29 is 4.74 Å². The van der Waals surface area contributed by atoms with Crippen LogP contribution in [0.4, 0.5) is 0 Å². The molecule has 1 saturated heterocycles. The van der Waals surface area contributed by atoms with Crippen LogP contribution in [0.15, 0.2) is 18.2 Å². The van der Waals surface area contributed by atoms with Gasteiger partial charge in [0.05, 0.1) is 12.2 Å². The molecule has 2 nitrogen and oxygen atoms in total. The average Bonchev–Trinajstić information content (AvgIpc) is 2.30. The minimum absolute atomic E-state index is 0.0941. The van der Waals surface area contributed by atoms with E-state index in [1.165, 1.54) is 11.1 Å². The maximum absolute atomic E-state index is 6.16. The third-order valence-corrected chi connectivity index (χ3v) is 4.21. The van der Waals surface area contributed by atoms with E-state index in [0.717, 1.165) is 37.4 Å². The van der Waals surface area contributed by atoms with Gasteiger partial charge in [0.15, 0.2) is 0 Å². The molecule has 0 unspecified atom stereocenters. The van der Waals surface area contributed by atoms with Crippen LogP contribution in [0.2, 0.25) is 5.02 Å². The highest BCUT2D eigenvalue weighted by Crippen LogP contribution is 2.42. The molecule has 0 aliphatic carbocycles. The Morgan fingerprint density at radius 1 is 1.47 bits per heavy atom. The summed E-state index contributed by atoms with van der Waals surface area (Å²) in [5.74, 6) is 0. The normalized spacial score (nSPS) is 32.5. The summed E-state index contributed by atoms with van der Waals surface area (Å²) in [6.07, 6.45) is 3.10. The van der Waals surface area contributed by atoms with Crippen LogP contribution in [0, 0.1) is 0 Å². The number of ether oxygens (including phenoxy) is 1. The van der Waals surface area contributed by atoms with Crippen molar-refractivity contribution >= 4 is 11.6 Å². The Balaban J connectivity index is 2.05. The van der Waals surface area contributed by atoms with Crippen LogP contribution < -0.4 is 5.32 Å². The second-order valence-electron chi connectivity index (χ2n) is 5.20. The standard InChI is InChI=1S/C14H18ClNO/c1-10-9-14(5-6-16-10)13-8-12(15)3-2-11(13)4-7-17-14/h2-3,8,10,16H,4-7,9H2,1H3/t10-,14+/m0/s1. The first-order valence-corrected chi connectivity index (χ1v) is 6.74. The van der Waals surface area contributed by atoms with Crippen molar-refractivity contribution in [3.8, 4) is 0 Å². The van der Waals surface area contributed by atoms with Crippen LogP contribution in [0.5, 0.6) is 0 Å². The summed E-state index contributed by atoms with van der Waals surface area (Å²) >= 11 is 6.14. The van der Waals surface area contributed by atoms with Crippen LogP contribution >= 0.6 is 11.6 Å². The lowest BCUT2D eigenvalue weighted by Crippen LogP contribution is -2.48. The molecule has 1 spiro atoms. The van der Waals surface area contributed by atoms with Gasteiger partial charge in [-0.1, -0.05) is 17.7 Å². The van der Waals surface area contributed by atoms with Crippen molar-refractivity contribution in [2.24, 2.45) is 0 Å². The second-order valence-corrected chi connectivity index (χ2v) is 5.64. The smallest absolute Gasteiger partial charge is 0.0961 e. The van der Waals surface area contributed by atoms with Gasteiger partial charge < -0.3 is 10.1 Å². The van der Waals surface area contributed by atoms with E-state index < -0.39 is 0 Å². The van der Waals surface area contributed by atoms with Crippen molar-refractivity contribution in [1.29, 1.82) is 0 Å². The first-order chi connectivity index (χ1) is 8.20. The second kappa shape index (κ2) is 4.27. The number of hydrogen-bond donors (Lipinski definition) is 1. The number of piperidine rings is 1. The van der Waals surface area contributed by atoms with Crippen LogP contribution in [0.1, 0.15) is 30.9 Å². The van der Waals surface area contributed by atoms with E-state index in [4.69, 9.17) is 16.3 Å². The Hall–Kier alpha value is -0.570. The van der Waals surface area contributed by atoms with E-state index in [0.29, 0.717) is 6.04 Å². The van der Waals surface area contributed by atoms with Gasteiger partial charge in [-0.05, 0) is 56.0 Å². The van der Waals surface area contributed by atoms with Gasteiger partial charge in [0.1, 0.15) is 0 Å². The largest absolute Gasteiger partial charge is 0.370 e. The fourth-order valence-corrected chi connectivity index (χ4v) is 3.36. The summed E-state index contributed by atoms with van der Waals surface area (Å²) in [5, 5.41) is 4.31. The lowest BCUT2D eigenvalue weighted by molar-refractivity contribution is -0.0879. The third kappa shape index (κ3) is 1.99. The zero-order valence-corrected chi connectivity index (χ0v) is 10.9. The van der Waals surface area contributed by atoms with Crippen LogP contribution in [0.3, 0.4) is 0 Å². The molecular formula is C14H18ClNO. The highest BCUT2D eigenvalue weighted by molar-refractivity contribution is 6.30. The quantitative estimate of drug-likeness (QED) is 0.766. The molecule has 0 aromatic heterocycles. The summed E-state index contributed by atoms with van der Waals surface area (Å²) in [6.45, 7) is 4.08. The number of benzene rings is 1. The minimum Gasteiger partial charge on any atom is -0.370 e. The monoisotopic (exact) mass is 251 g/mol. The van der Waals surface area contributed by atoms with E-state index in [9.17, 15) is 0 Å². The number of halogens is 1. The molecule has 2 aliphatic rings. The zero-order chi connectivity index (χ0) is 11.9. The van der Waals surface area contributed by atoms with Gasteiger partial charge in [-0.2, -0.15) is 0 Å². The summed E-state index contributed by atoms with van der Waals surface area (Å²) < 4.78 is 6.16. The molecule has 2 atom stereocenters. The van der Waals surface area contributed by atoms with Crippen LogP contribution in [-0.2, 0) is 16.8 Å². The fraction of sp³-hybridized carbons (Fsp3) is 0.571. The first kappa shape index (κ1) is 11.5. The van der Waals surface area contributed by atoms with Crippen molar-refractivity contribution in [2.45, 2.75) is 37.8 Å². The average molecular weight is 252 g/mol. The van der Waals surface area contributed by atoms with E-state index in [1.54, 1.807) is 0 Å². The van der Waals surface area contributed by atoms with Crippen molar-refractivity contribution in [3.63, 3.8) is 0 Å². The first-order valence-electron chi connectivity index (χ1n) is 6.36. The molecule has 0 saturated carbocycles. The SMILES string of the molecule is C[C@H]1C[C@@]2(CCN1)OCCc1ccc(Cl)cc12. The molecule has 1 aromatic carbocycles. The van der Waals surface area contributed by atoms with Gasteiger partial charge in [-0.15, -0.1) is 0 Å². The molecule has 2 aliphatic heterocycles. The third-order valence-electron chi connectivity index (χ3n) is 3.97. The van der Waals surface area contributed by atoms with E-state index in [-0.39, 0.29) is 5.60 Å². The Morgan fingerprint density at radius 2 is 2.35 bits per heavy atom. The molecule has 0 radical (unpaired) electrons. The van der Waals surface area contributed by atoms with Gasteiger partial charge in [0, 0.05) is 11.1 Å². The van der Waals surface area contributed by atoms with Crippen LogP contribution in [-0.4, -0.2) is 19.2 Å². The Bertz CT molecular complexity index is 434. The molecule has 3 rings (SSSR count). The molecule has 1 fully saturated rings. The minimum atomic E-state index is -0.0941. The molecule has 0 bridgehead atoms. The highest BCUT2D eigenvalue weighted by Gasteiger charge is 2.41. The lowest BCUT2D eigenvalue weighted by atomic mass is 9.78. The van der Waals surface area contributed by atoms with Crippen LogP contribution in [0.25, 0.3) is 0 Å². The van der Waals surface area contributed by atoms with E-state index >= 15 is 0 Å². The maximum Gasteiger partial charge on any atom is 0.0961 e. The molecule has 3 heteroatoms. The predicted molar refractivity (Wildman–Crippen MR) is 69.5 cm³/mol. The van der Waals surface area contributed by atoms with E-state index in [2.05, 4.69) is 24.4 Å². The van der Waals surface area contributed by atoms with Gasteiger partial charge in [-0.25, -0.2) is 0 Å². The number of hydrogen-bond acceptors (Lipinski definition) is 2. The number of nitrogens with one attached hydrogen (secondary N) is 1. The predicted octanol–water partition coefficient (Wildman–Crippen LogP) is 2.88. The Kier molecular flexibility index (Phi) is 2.89. The van der Waals surface area contributed by atoms with E-state index in [1.807, 2.05) is 6.07 Å². The highest BCUT2D eigenvalue weighted by atomic mass is 35.5. The topological polar surface area (TPSA) is 21.3 Å². The Labute approximate surface area is 107 Å². The number of fused-ring (bicyclic) bond motifs is 2. The summed E-state index contributed by atoms with van der Waals surface area (Å²) in [5.41, 5.74) is 2.64. The van der Waals surface area contributed by atoms with Crippen molar-refractivity contribution in [2.75, 3.05) is 13.2 Å². The lowest BCUT2D eigenvalue weighted by Gasteiger charge is -2.44. The molecule has 92 valence electrons. The summed E-state index contributed by atoms with van der Waals surface area (Å²) in [6, 6.07) is 6.76. The van der Waals surface area contributed by atoms with Gasteiger partial charge in [0.25, 0.3) is 0 Å². The molecule has 2 heterocycles. The zero-order valence-electron chi connectivity index (χ0n) is 10.1. The van der Waals surface area contributed by atoms with Crippen molar-refractivity contribution in [1.82, 2.24) is 5.32 Å². The molecule has 1 aromatic rings. The van der Waals surface area contributed by atoms with Gasteiger partial charge in [-0.3, -0.25) is 0 Å². The summed E-state index contributed by atoms with van der Waals surface area (Å²) in [7, 11) is 0. The molecule has 1 N–H and O–H groups in total. The molecule has 17 heavy (non-hydrogen) atoms. The molecular weight excluding hydrogens is 234 g/mol. The Morgan fingerprint density at radius 3 is 3.18 bits per heavy atom. The van der Waals surface area contributed by atoms with Crippen molar-refractivity contribution in [3.05, 3.63) is 34.3 Å². The van der Waals surface area contributed by atoms with Gasteiger partial charge in [0.2, 0.25) is 0 Å². The van der Waals surface area contributed by atoms with Gasteiger partial charge >= 0.3 is 0 Å².